The fourth-order valence-electron chi connectivity index (χ4n) is 4.43. The fourth-order valence-corrected chi connectivity index (χ4v) is 4.43. The first-order valence-corrected chi connectivity index (χ1v) is 13.7. The summed E-state index contributed by atoms with van der Waals surface area (Å²) in [6.45, 7) is 1.26. The summed E-state index contributed by atoms with van der Waals surface area (Å²) in [6.07, 6.45) is 1.18. The molecule has 1 aliphatic heterocycles. The van der Waals surface area contributed by atoms with Gasteiger partial charge < -0.3 is 24.8 Å². The highest BCUT2D eigenvalue weighted by atomic mass is 19.1. The highest BCUT2D eigenvalue weighted by molar-refractivity contribution is 5.98. The molecule has 3 aromatic carbocycles. The van der Waals surface area contributed by atoms with Crippen LogP contribution in [0.15, 0.2) is 78.9 Å². The molecule has 1 fully saturated rings. The summed E-state index contributed by atoms with van der Waals surface area (Å²) in [6, 6.07) is 23.8. The van der Waals surface area contributed by atoms with Crippen molar-refractivity contribution in [2.45, 2.75) is 25.6 Å². The molecule has 0 radical (unpaired) electrons. The molecular formula is C33H29FN4O5. The lowest BCUT2D eigenvalue weighted by atomic mass is 10.1. The molecule has 1 atom stereocenters. The van der Waals surface area contributed by atoms with Gasteiger partial charge in [0.15, 0.2) is 0 Å². The number of hydrogen-bond acceptors (Lipinski definition) is 8. The zero-order valence-electron chi connectivity index (χ0n) is 23.4. The van der Waals surface area contributed by atoms with Gasteiger partial charge in [-0.05, 0) is 48.4 Å². The van der Waals surface area contributed by atoms with Crippen LogP contribution in [-0.2, 0) is 27.3 Å². The number of esters is 1. The molecule has 0 bridgehead atoms. The minimum absolute atomic E-state index is 0.0287. The van der Waals surface area contributed by atoms with Gasteiger partial charge in [-0.25, -0.2) is 14.2 Å². The molecule has 43 heavy (non-hydrogen) atoms. The molecule has 9 nitrogen and oxygen atoms in total. The summed E-state index contributed by atoms with van der Waals surface area (Å²) in [4.78, 5) is 29.5. The maximum atomic E-state index is 14.2. The Kier molecular flexibility index (Phi) is 9.24. The van der Waals surface area contributed by atoms with Gasteiger partial charge in [0.1, 0.15) is 12.4 Å². The second kappa shape index (κ2) is 13.6. The summed E-state index contributed by atoms with van der Waals surface area (Å²) >= 11 is 0. The Morgan fingerprint density at radius 1 is 1.07 bits per heavy atom. The average molecular weight is 581 g/mol. The minimum Gasteiger partial charge on any atom is -0.473 e. The second-order valence-electron chi connectivity index (χ2n) is 9.90. The number of ether oxygens (including phenoxy) is 3. The van der Waals surface area contributed by atoms with Gasteiger partial charge in [-0.15, -0.1) is 0 Å². The van der Waals surface area contributed by atoms with E-state index in [0.717, 1.165) is 24.2 Å². The van der Waals surface area contributed by atoms with Crippen molar-refractivity contribution in [1.29, 1.82) is 5.26 Å². The van der Waals surface area contributed by atoms with Crippen molar-refractivity contribution in [2.24, 2.45) is 0 Å². The fraction of sp³-hybridized carbons (Fsp3) is 0.212. The molecule has 218 valence electrons. The maximum Gasteiger partial charge on any atom is 0.337 e. The standard InChI is InChI=1S/C33H29FN4O5/c1-41-33(40)24-11-12-29(30(17-24)36-19-26-13-14-42-26)37-31(39)16-21-5-8-23(9-6-21)28-3-2-4-32(38-28)43-20-25-10-7-22(18-35)15-27(25)34/h2-12,15,17,26,36H,13-14,16,19-20H2,1H3,(H,37,39). The normalized spacial score (nSPS) is 13.7. The Morgan fingerprint density at radius 3 is 2.58 bits per heavy atom. The summed E-state index contributed by atoms with van der Waals surface area (Å²) < 4.78 is 30.2. The van der Waals surface area contributed by atoms with Crippen molar-refractivity contribution < 1.29 is 28.2 Å². The number of halogens is 1. The number of nitriles is 1. The van der Waals surface area contributed by atoms with Crippen LogP contribution in [0.3, 0.4) is 0 Å². The molecule has 4 aromatic rings. The van der Waals surface area contributed by atoms with Crippen molar-refractivity contribution in [3.05, 3.63) is 107 Å². The van der Waals surface area contributed by atoms with Gasteiger partial charge in [0.2, 0.25) is 11.8 Å². The van der Waals surface area contributed by atoms with Crippen LogP contribution in [0, 0.1) is 17.1 Å². The van der Waals surface area contributed by atoms with E-state index in [1.165, 1.54) is 25.3 Å². The van der Waals surface area contributed by atoms with Crippen LogP contribution < -0.4 is 15.4 Å². The molecule has 2 heterocycles. The zero-order valence-corrected chi connectivity index (χ0v) is 23.4. The van der Waals surface area contributed by atoms with E-state index in [0.29, 0.717) is 40.6 Å². The monoisotopic (exact) mass is 580 g/mol. The number of benzene rings is 3. The molecule has 0 saturated carbocycles. The van der Waals surface area contributed by atoms with Crippen molar-refractivity contribution >= 4 is 23.3 Å². The average Bonchev–Trinajstić information content (AvgIpc) is 3.00. The third-order valence-electron chi connectivity index (χ3n) is 6.92. The predicted molar refractivity (Wildman–Crippen MR) is 158 cm³/mol. The molecular weight excluding hydrogens is 551 g/mol. The van der Waals surface area contributed by atoms with E-state index in [-0.39, 0.29) is 30.6 Å². The summed E-state index contributed by atoms with van der Waals surface area (Å²) in [5, 5.41) is 15.1. The number of methoxy groups -OCH3 is 1. The van der Waals surface area contributed by atoms with Crippen LogP contribution in [-0.4, -0.2) is 43.2 Å². The second-order valence-corrected chi connectivity index (χ2v) is 9.90. The highest BCUT2D eigenvalue weighted by Crippen LogP contribution is 2.26. The summed E-state index contributed by atoms with van der Waals surface area (Å²) in [5.41, 5.74) is 4.38. The lowest BCUT2D eigenvalue weighted by Crippen LogP contribution is -2.33. The van der Waals surface area contributed by atoms with Gasteiger partial charge in [0, 0.05) is 30.3 Å². The zero-order chi connectivity index (χ0) is 30.2. The molecule has 2 N–H and O–H groups in total. The molecule has 1 unspecified atom stereocenters. The van der Waals surface area contributed by atoms with Crippen LogP contribution in [0.1, 0.15) is 33.5 Å². The third kappa shape index (κ3) is 7.52. The van der Waals surface area contributed by atoms with E-state index in [9.17, 15) is 14.0 Å². The first-order chi connectivity index (χ1) is 20.9. The first-order valence-electron chi connectivity index (χ1n) is 13.7. The molecule has 1 aliphatic rings. The van der Waals surface area contributed by atoms with E-state index < -0.39 is 11.8 Å². The van der Waals surface area contributed by atoms with Gasteiger partial charge in [0.25, 0.3) is 0 Å². The van der Waals surface area contributed by atoms with E-state index in [2.05, 4.69) is 15.6 Å². The summed E-state index contributed by atoms with van der Waals surface area (Å²) in [5.74, 6) is -0.863. The molecule has 0 aliphatic carbocycles. The molecule has 0 spiro atoms. The number of nitrogens with one attached hydrogen (secondary N) is 2. The maximum absolute atomic E-state index is 14.2. The molecule has 1 saturated heterocycles. The van der Waals surface area contributed by atoms with Gasteiger partial charge in [0.05, 0.1) is 53.9 Å². The van der Waals surface area contributed by atoms with Crippen LogP contribution >= 0.6 is 0 Å². The smallest absolute Gasteiger partial charge is 0.337 e. The van der Waals surface area contributed by atoms with Crippen LogP contribution in [0.2, 0.25) is 0 Å². The third-order valence-corrected chi connectivity index (χ3v) is 6.92. The predicted octanol–water partition coefficient (Wildman–Crippen LogP) is 5.51. The van der Waals surface area contributed by atoms with Gasteiger partial charge in [-0.1, -0.05) is 36.4 Å². The topological polar surface area (TPSA) is 123 Å². The Hall–Kier alpha value is -5.27. The van der Waals surface area contributed by atoms with Gasteiger partial charge in [-0.2, -0.15) is 5.26 Å². The largest absolute Gasteiger partial charge is 0.473 e. The Bertz CT molecular complexity index is 1670. The molecule has 5 rings (SSSR count). The number of hydrogen-bond donors (Lipinski definition) is 2. The van der Waals surface area contributed by atoms with Crippen molar-refractivity contribution in [1.82, 2.24) is 4.98 Å². The Morgan fingerprint density at radius 2 is 1.88 bits per heavy atom. The molecule has 1 aromatic heterocycles. The van der Waals surface area contributed by atoms with Crippen LogP contribution in [0.5, 0.6) is 5.88 Å². The lowest BCUT2D eigenvalue weighted by Gasteiger charge is -2.27. The quantitative estimate of drug-likeness (QED) is 0.223. The van der Waals surface area contributed by atoms with Crippen molar-refractivity contribution in [2.75, 3.05) is 30.9 Å². The van der Waals surface area contributed by atoms with E-state index in [1.807, 2.05) is 36.4 Å². The minimum atomic E-state index is -0.510. The number of anilines is 2. The number of rotatable bonds is 11. The SMILES string of the molecule is COC(=O)c1ccc(NC(=O)Cc2ccc(-c3cccc(OCc4ccc(C#N)cc4F)n3)cc2)c(NCC2CCO2)c1. The number of carbonyl (C=O) groups is 2. The Labute approximate surface area is 248 Å². The lowest BCUT2D eigenvalue weighted by molar-refractivity contribution is -0.115. The molecule has 1 amide bonds. The number of aromatic nitrogens is 1. The van der Waals surface area contributed by atoms with Crippen LogP contribution in [0.4, 0.5) is 15.8 Å². The summed E-state index contributed by atoms with van der Waals surface area (Å²) in [7, 11) is 1.32. The van der Waals surface area contributed by atoms with Gasteiger partial charge in [-0.3, -0.25) is 4.79 Å². The molecule has 10 heteroatoms. The van der Waals surface area contributed by atoms with Crippen LogP contribution in [0.25, 0.3) is 11.3 Å². The van der Waals surface area contributed by atoms with E-state index in [4.69, 9.17) is 19.5 Å². The van der Waals surface area contributed by atoms with Crippen molar-refractivity contribution in [3.8, 4) is 23.2 Å². The van der Waals surface area contributed by atoms with E-state index in [1.54, 1.807) is 30.3 Å². The Balaban J connectivity index is 1.21. The highest BCUT2D eigenvalue weighted by Gasteiger charge is 2.19. The number of carbonyl (C=O) groups excluding carboxylic acids is 2. The number of pyridine rings is 1. The van der Waals surface area contributed by atoms with Crippen molar-refractivity contribution in [3.63, 3.8) is 0 Å². The number of nitrogens with zero attached hydrogens (tertiary/aromatic N) is 2. The first kappa shape index (κ1) is 29.2. The number of amides is 1. The van der Waals surface area contributed by atoms with E-state index >= 15 is 0 Å². The van der Waals surface area contributed by atoms with Gasteiger partial charge >= 0.3 is 5.97 Å².